The molecule has 1 N–H and O–H groups in total. The van der Waals surface area contributed by atoms with Gasteiger partial charge in [0.05, 0.1) is 10.6 Å². The van der Waals surface area contributed by atoms with Crippen molar-refractivity contribution in [3.05, 3.63) is 63.9 Å². The first-order valence-electron chi connectivity index (χ1n) is 8.21. The van der Waals surface area contributed by atoms with Crippen LogP contribution < -0.4 is 10.2 Å². The van der Waals surface area contributed by atoms with Crippen molar-refractivity contribution in [3.63, 3.8) is 0 Å². The van der Waals surface area contributed by atoms with Gasteiger partial charge in [0.2, 0.25) is 5.91 Å². The first kappa shape index (κ1) is 20.2. The van der Waals surface area contributed by atoms with E-state index in [2.05, 4.69) is 5.32 Å². The van der Waals surface area contributed by atoms with Gasteiger partial charge < -0.3 is 10.2 Å². The average molecular weight is 397 g/mol. The van der Waals surface area contributed by atoms with Gasteiger partial charge in [0.1, 0.15) is 5.82 Å². The SMILES string of the molecule is CCCC(=O)NCCN(C(=O)c1ccc(Cl)cc1Cl)c1ccc(F)cc1. The first-order chi connectivity index (χ1) is 12.4. The summed E-state index contributed by atoms with van der Waals surface area (Å²) in [6.45, 7) is 2.41. The summed E-state index contributed by atoms with van der Waals surface area (Å²) in [6.07, 6.45) is 1.17. The Labute approximate surface area is 161 Å². The molecule has 0 saturated heterocycles. The molecule has 0 heterocycles. The number of nitrogens with zero attached hydrogens (tertiary/aromatic N) is 1. The minimum Gasteiger partial charge on any atom is -0.354 e. The molecular weight excluding hydrogens is 378 g/mol. The molecule has 0 bridgehead atoms. The highest BCUT2D eigenvalue weighted by molar-refractivity contribution is 6.37. The molecule has 0 radical (unpaired) electrons. The van der Waals surface area contributed by atoms with Crippen molar-refractivity contribution >= 4 is 40.7 Å². The molecule has 0 saturated carbocycles. The van der Waals surface area contributed by atoms with Crippen molar-refractivity contribution in [2.45, 2.75) is 19.8 Å². The minimum atomic E-state index is -0.401. The third-order valence-corrected chi connectivity index (χ3v) is 4.23. The van der Waals surface area contributed by atoms with E-state index < -0.39 is 5.82 Å². The van der Waals surface area contributed by atoms with Gasteiger partial charge in [0.15, 0.2) is 0 Å². The van der Waals surface area contributed by atoms with Crippen LogP contribution in [0.2, 0.25) is 10.0 Å². The van der Waals surface area contributed by atoms with Crippen LogP contribution in [0.15, 0.2) is 42.5 Å². The Bertz CT molecular complexity index is 782. The van der Waals surface area contributed by atoms with Crippen molar-refractivity contribution in [3.8, 4) is 0 Å². The van der Waals surface area contributed by atoms with Crippen molar-refractivity contribution in [2.24, 2.45) is 0 Å². The second kappa shape index (κ2) is 9.55. The number of halogens is 3. The Kier molecular flexibility index (Phi) is 7.42. The van der Waals surface area contributed by atoms with Crippen molar-refractivity contribution in [1.82, 2.24) is 5.32 Å². The lowest BCUT2D eigenvalue weighted by atomic mass is 10.1. The largest absolute Gasteiger partial charge is 0.354 e. The highest BCUT2D eigenvalue weighted by atomic mass is 35.5. The van der Waals surface area contributed by atoms with Gasteiger partial charge in [-0.3, -0.25) is 9.59 Å². The minimum absolute atomic E-state index is 0.0801. The highest BCUT2D eigenvalue weighted by Gasteiger charge is 2.20. The topological polar surface area (TPSA) is 49.4 Å². The standard InChI is InChI=1S/C19H19Cl2FN2O2/c1-2-3-18(25)23-10-11-24(15-7-5-14(22)6-8-15)19(26)16-9-4-13(20)12-17(16)21/h4-9,12H,2-3,10-11H2,1H3,(H,23,25). The smallest absolute Gasteiger partial charge is 0.259 e. The summed E-state index contributed by atoms with van der Waals surface area (Å²) in [5.41, 5.74) is 0.785. The Morgan fingerprint density at radius 2 is 1.81 bits per heavy atom. The van der Waals surface area contributed by atoms with Crippen molar-refractivity contribution in [2.75, 3.05) is 18.0 Å². The van der Waals surface area contributed by atoms with Gasteiger partial charge in [0, 0.05) is 30.2 Å². The molecule has 0 aliphatic rings. The van der Waals surface area contributed by atoms with E-state index in [-0.39, 0.29) is 35.5 Å². The third-order valence-electron chi connectivity index (χ3n) is 3.68. The molecule has 0 spiro atoms. The molecule has 2 rings (SSSR count). The number of carbonyl (C=O) groups excluding carboxylic acids is 2. The molecule has 0 unspecified atom stereocenters. The summed E-state index contributed by atoms with van der Waals surface area (Å²) in [6, 6.07) is 10.2. The monoisotopic (exact) mass is 396 g/mol. The summed E-state index contributed by atoms with van der Waals surface area (Å²) in [5, 5.41) is 3.41. The number of carbonyl (C=O) groups is 2. The molecule has 0 fully saturated rings. The third kappa shape index (κ3) is 5.44. The van der Waals surface area contributed by atoms with Gasteiger partial charge >= 0.3 is 0 Å². The molecule has 7 heteroatoms. The van der Waals surface area contributed by atoms with Gasteiger partial charge in [-0.2, -0.15) is 0 Å². The lowest BCUT2D eigenvalue weighted by Gasteiger charge is -2.24. The quantitative estimate of drug-likeness (QED) is 0.737. The van der Waals surface area contributed by atoms with Crippen LogP contribution in [0.4, 0.5) is 10.1 Å². The lowest BCUT2D eigenvalue weighted by Crippen LogP contribution is -2.38. The highest BCUT2D eigenvalue weighted by Crippen LogP contribution is 2.25. The number of anilines is 1. The summed E-state index contributed by atoms with van der Waals surface area (Å²) in [4.78, 5) is 26.0. The maximum absolute atomic E-state index is 13.2. The zero-order chi connectivity index (χ0) is 19.1. The fraction of sp³-hybridized carbons (Fsp3) is 0.263. The lowest BCUT2D eigenvalue weighted by molar-refractivity contribution is -0.121. The van der Waals surface area contributed by atoms with E-state index in [1.807, 2.05) is 6.92 Å². The fourth-order valence-electron chi connectivity index (χ4n) is 2.40. The molecule has 0 aromatic heterocycles. The Hall–Kier alpha value is -2.11. The van der Waals surface area contributed by atoms with Crippen LogP contribution >= 0.6 is 23.2 Å². The predicted molar refractivity (Wildman–Crippen MR) is 102 cm³/mol. The molecule has 138 valence electrons. The number of hydrogen-bond donors (Lipinski definition) is 1. The van der Waals surface area contributed by atoms with Crippen molar-refractivity contribution in [1.29, 1.82) is 0 Å². The van der Waals surface area contributed by atoms with Crippen LogP contribution in [-0.4, -0.2) is 24.9 Å². The van der Waals surface area contributed by atoms with Gasteiger partial charge in [-0.05, 0) is 48.9 Å². The van der Waals surface area contributed by atoms with E-state index in [9.17, 15) is 14.0 Å². The fourth-order valence-corrected chi connectivity index (χ4v) is 2.89. The van der Waals surface area contributed by atoms with Crippen LogP contribution in [0, 0.1) is 5.82 Å². The zero-order valence-electron chi connectivity index (χ0n) is 14.3. The van der Waals surface area contributed by atoms with Crippen LogP contribution in [-0.2, 0) is 4.79 Å². The van der Waals surface area contributed by atoms with Gasteiger partial charge in [0.25, 0.3) is 5.91 Å². The summed E-state index contributed by atoms with van der Waals surface area (Å²) in [5.74, 6) is -0.839. The Balaban J connectivity index is 2.23. The number of rotatable bonds is 7. The van der Waals surface area contributed by atoms with E-state index in [1.165, 1.54) is 35.2 Å². The number of nitrogens with one attached hydrogen (secondary N) is 1. The van der Waals surface area contributed by atoms with Crippen LogP contribution in [0.5, 0.6) is 0 Å². The Morgan fingerprint density at radius 1 is 1.12 bits per heavy atom. The van der Waals surface area contributed by atoms with E-state index in [4.69, 9.17) is 23.2 Å². The molecule has 0 aliphatic carbocycles. The molecule has 2 aromatic rings. The van der Waals surface area contributed by atoms with Crippen LogP contribution in [0.25, 0.3) is 0 Å². The first-order valence-corrected chi connectivity index (χ1v) is 8.97. The van der Waals surface area contributed by atoms with Gasteiger partial charge in [-0.15, -0.1) is 0 Å². The second-order valence-electron chi connectivity index (χ2n) is 5.66. The van der Waals surface area contributed by atoms with Crippen LogP contribution in [0.1, 0.15) is 30.1 Å². The molecule has 2 aromatic carbocycles. The number of hydrogen-bond acceptors (Lipinski definition) is 2. The van der Waals surface area contributed by atoms with E-state index in [0.717, 1.165) is 6.42 Å². The predicted octanol–water partition coefficient (Wildman–Crippen LogP) is 4.70. The molecule has 0 atom stereocenters. The van der Waals surface area contributed by atoms with E-state index in [0.29, 0.717) is 17.1 Å². The van der Waals surface area contributed by atoms with Gasteiger partial charge in [-0.1, -0.05) is 30.1 Å². The molecule has 4 nitrogen and oxygen atoms in total. The number of benzene rings is 2. The summed E-state index contributed by atoms with van der Waals surface area (Å²) < 4.78 is 13.2. The summed E-state index contributed by atoms with van der Waals surface area (Å²) >= 11 is 12.0. The molecule has 0 aliphatic heterocycles. The van der Waals surface area contributed by atoms with E-state index >= 15 is 0 Å². The maximum Gasteiger partial charge on any atom is 0.259 e. The second-order valence-corrected chi connectivity index (χ2v) is 6.50. The molecule has 2 amide bonds. The van der Waals surface area contributed by atoms with Crippen molar-refractivity contribution < 1.29 is 14.0 Å². The van der Waals surface area contributed by atoms with E-state index in [1.54, 1.807) is 12.1 Å². The summed E-state index contributed by atoms with van der Waals surface area (Å²) in [7, 11) is 0. The zero-order valence-corrected chi connectivity index (χ0v) is 15.8. The Morgan fingerprint density at radius 3 is 2.42 bits per heavy atom. The van der Waals surface area contributed by atoms with Gasteiger partial charge in [-0.25, -0.2) is 4.39 Å². The number of amides is 2. The molecule has 26 heavy (non-hydrogen) atoms. The maximum atomic E-state index is 13.2. The average Bonchev–Trinajstić information content (AvgIpc) is 2.59. The normalized spacial score (nSPS) is 10.5. The van der Waals surface area contributed by atoms with Crippen LogP contribution in [0.3, 0.4) is 0 Å². The molecular formula is C19H19Cl2FN2O2.